The molecule has 0 aromatic heterocycles. The van der Waals surface area contributed by atoms with Crippen LogP contribution in [-0.2, 0) is 9.59 Å². The summed E-state index contributed by atoms with van der Waals surface area (Å²) < 4.78 is 0. The van der Waals surface area contributed by atoms with Gasteiger partial charge in [-0.1, -0.05) is 36.4 Å². The fraction of sp³-hybridized carbons (Fsp3) is 0.286. The van der Waals surface area contributed by atoms with Crippen LogP contribution in [-0.4, -0.2) is 53.3 Å². The molecule has 1 saturated heterocycles. The molecule has 2 heterocycles. The molecule has 2 aromatic carbocycles. The Balaban J connectivity index is 1.65. The van der Waals surface area contributed by atoms with Crippen molar-refractivity contribution < 1.29 is 14.4 Å². The molecular formula is C21H21N3O3S. The van der Waals surface area contributed by atoms with Gasteiger partial charge in [-0.25, -0.2) is 0 Å². The zero-order chi connectivity index (χ0) is 19.7. The number of hydrogen-bond acceptors (Lipinski definition) is 4. The summed E-state index contributed by atoms with van der Waals surface area (Å²) in [6, 6.07) is 14.2. The number of rotatable bonds is 4. The largest absolute Gasteiger partial charge is 0.350 e. The van der Waals surface area contributed by atoms with Crippen molar-refractivity contribution in [2.45, 2.75) is 18.5 Å². The topological polar surface area (TPSA) is 78.5 Å². The fourth-order valence-electron chi connectivity index (χ4n) is 3.88. The molecule has 0 unspecified atom stereocenters. The average Bonchev–Trinajstić information content (AvgIpc) is 3.07. The Labute approximate surface area is 167 Å². The summed E-state index contributed by atoms with van der Waals surface area (Å²) >= 11 is 1.42. The van der Waals surface area contributed by atoms with E-state index in [2.05, 4.69) is 10.6 Å². The van der Waals surface area contributed by atoms with E-state index in [1.165, 1.54) is 11.8 Å². The summed E-state index contributed by atoms with van der Waals surface area (Å²) in [7, 11) is 0. The number of carbonyl (C=O) groups excluding carboxylic acids is 3. The van der Waals surface area contributed by atoms with Gasteiger partial charge in [0.05, 0.1) is 23.0 Å². The molecule has 2 aromatic rings. The van der Waals surface area contributed by atoms with E-state index in [4.69, 9.17) is 0 Å². The van der Waals surface area contributed by atoms with Crippen LogP contribution in [0.3, 0.4) is 0 Å². The summed E-state index contributed by atoms with van der Waals surface area (Å²) in [6.45, 7) is 0.441. The Hall–Kier alpha value is -2.80. The Kier molecular flexibility index (Phi) is 5.09. The summed E-state index contributed by atoms with van der Waals surface area (Å²) in [6.07, 6.45) is 2.42. The molecule has 0 aliphatic carbocycles. The van der Waals surface area contributed by atoms with Crippen LogP contribution in [0.1, 0.15) is 16.8 Å². The lowest BCUT2D eigenvalue weighted by molar-refractivity contribution is -0.122. The first kappa shape index (κ1) is 18.6. The highest BCUT2D eigenvalue weighted by atomic mass is 32.2. The number of amides is 3. The average molecular weight is 395 g/mol. The van der Waals surface area contributed by atoms with Crippen LogP contribution in [0.15, 0.2) is 48.5 Å². The number of thioether (sulfide) groups is 1. The van der Waals surface area contributed by atoms with Gasteiger partial charge >= 0.3 is 0 Å². The molecule has 3 amide bonds. The molecule has 6 nitrogen and oxygen atoms in total. The van der Waals surface area contributed by atoms with Crippen LogP contribution < -0.4 is 10.6 Å². The predicted molar refractivity (Wildman–Crippen MR) is 110 cm³/mol. The summed E-state index contributed by atoms with van der Waals surface area (Å²) in [5, 5.41) is 5.79. The van der Waals surface area contributed by atoms with E-state index in [9.17, 15) is 14.4 Å². The van der Waals surface area contributed by atoms with Gasteiger partial charge in [0, 0.05) is 6.54 Å². The van der Waals surface area contributed by atoms with Crippen molar-refractivity contribution in [3.05, 3.63) is 54.1 Å². The molecular weight excluding hydrogens is 374 g/mol. The van der Waals surface area contributed by atoms with Crippen molar-refractivity contribution in [1.82, 2.24) is 10.2 Å². The van der Waals surface area contributed by atoms with E-state index in [0.29, 0.717) is 30.0 Å². The molecule has 2 atom stereocenters. The van der Waals surface area contributed by atoms with Crippen LogP contribution in [0.2, 0.25) is 0 Å². The molecule has 7 heteroatoms. The Bertz CT molecular complexity index is 932. The van der Waals surface area contributed by atoms with Crippen LogP contribution in [0.25, 0.3) is 11.1 Å². The molecule has 1 fully saturated rings. The number of benzene rings is 2. The number of carbonyl (C=O) groups is 3. The number of anilines is 1. The fourth-order valence-corrected chi connectivity index (χ4v) is 4.22. The van der Waals surface area contributed by atoms with Crippen molar-refractivity contribution in [3.8, 4) is 11.1 Å². The van der Waals surface area contributed by atoms with Gasteiger partial charge in [-0.2, -0.15) is 11.8 Å². The highest BCUT2D eigenvalue weighted by molar-refractivity contribution is 7.99. The van der Waals surface area contributed by atoms with Crippen molar-refractivity contribution in [3.63, 3.8) is 0 Å². The highest BCUT2D eigenvalue weighted by Gasteiger charge is 2.45. The third-order valence-electron chi connectivity index (χ3n) is 5.16. The third-order valence-corrected chi connectivity index (χ3v) is 5.72. The predicted octanol–water partition coefficient (Wildman–Crippen LogP) is 2.37. The van der Waals surface area contributed by atoms with Crippen LogP contribution in [0.5, 0.6) is 0 Å². The second-order valence-electron chi connectivity index (χ2n) is 6.95. The Morgan fingerprint density at radius 3 is 2.71 bits per heavy atom. The monoisotopic (exact) mass is 395 g/mol. The van der Waals surface area contributed by atoms with E-state index >= 15 is 0 Å². The van der Waals surface area contributed by atoms with Gasteiger partial charge in [-0.05, 0) is 35.9 Å². The standard InChI is InChI=1S/C21H21N3O3S/c1-28-12-18(25)22-17-9-10-24-19(17)20(26)23-16-8-7-14(11-15(16)21(24)27)13-5-3-2-4-6-13/h2-8,11,17,19H,9-10,12H2,1H3,(H,22,25)(H,23,26)/t17-,19+/m1/s1. The SMILES string of the molecule is CSCC(=O)N[C@@H]1CCN2C(=O)c3cc(-c4ccccc4)ccc3NC(=O)[C@H]12. The number of nitrogens with zero attached hydrogens (tertiary/aromatic N) is 1. The van der Waals surface area contributed by atoms with Crippen molar-refractivity contribution in [2.24, 2.45) is 0 Å². The highest BCUT2D eigenvalue weighted by Crippen LogP contribution is 2.32. The van der Waals surface area contributed by atoms with Crippen molar-refractivity contribution in [1.29, 1.82) is 0 Å². The Morgan fingerprint density at radius 1 is 1.18 bits per heavy atom. The number of nitrogens with one attached hydrogen (secondary N) is 2. The summed E-state index contributed by atoms with van der Waals surface area (Å²) in [5.74, 6) is -0.226. The lowest BCUT2D eigenvalue weighted by Gasteiger charge is -2.24. The van der Waals surface area contributed by atoms with E-state index < -0.39 is 6.04 Å². The molecule has 0 radical (unpaired) electrons. The van der Waals surface area contributed by atoms with Gasteiger partial charge in [-0.3, -0.25) is 14.4 Å². The van der Waals surface area contributed by atoms with Gasteiger partial charge in [0.2, 0.25) is 11.8 Å². The van der Waals surface area contributed by atoms with E-state index in [1.54, 1.807) is 11.0 Å². The van der Waals surface area contributed by atoms with Crippen molar-refractivity contribution in [2.75, 3.05) is 23.9 Å². The lowest BCUT2D eigenvalue weighted by atomic mass is 10.0. The number of hydrogen-bond donors (Lipinski definition) is 2. The van der Waals surface area contributed by atoms with Gasteiger partial charge in [0.1, 0.15) is 6.04 Å². The normalized spacial score (nSPS) is 20.8. The maximum absolute atomic E-state index is 13.2. The van der Waals surface area contributed by atoms with Crippen molar-refractivity contribution >= 4 is 35.2 Å². The minimum Gasteiger partial charge on any atom is -0.350 e. The maximum Gasteiger partial charge on any atom is 0.256 e. The summed E-state index contributed by atoms with van der Waals surface area (Å²) in [4.78, 5) is 39.7. The number of fused-ring (bicyclic) bond motifs is 2. The quantitative estimate of drug-likeness (QED) is 0.833. The molecule has 0 bridgehead atoms. The molecule has 28 heavy (non-hydrogen) atoms. The zero-order valence-electron chi connectivity index (χ0n) is 15.5. The van der Waals surface area contributed by atoms with Gasteiger partial charge in [0.25, 0.3) is 5.91 Å². The second kappa shape index (κ2) is 7.67. The first-order valence-electron chi connectivity index (χ1n) is 9.18. The third kappa shape index (κ3) is 3.38. The second-order valence-corrected chi connectivity index (χ2v) is 7.82. The Morgan fingerprint density at radius 2 is 1.96 bits per heavy atom. The van der Waals surface area contributed by atoms with Crippen LogP contribution in [0, 0.1) is 0 Å². The zero-order valence-corrected chi connectivity index (χ0v) is 16.3. The van der Waals surface area contributed by atoms with Gasteiger partial charge < -0.3 is 15.5 Å². The van der Waals surface area contributed by atoms with Gasteiger partial charge in [0.15, 0.2) is 0 Å². The molecule has 4 rings (SSSR count). The maximum atomic E-state index is 13.2. The minimum atomic E-state index is -0.689. The molecule has 2 aliphatic heterocycles. The van der Waals surface area contributed by atoms with E-state index in [0.717, 1.165) is 11.1 Å². The van der Waals surface area contributed by atoms with E-state index in [1.807, 2.05) is 48.7 Å². The smallest absolute Gasteiger partial charge is 0.256 e. The first-order chi connectivity index (χ1) is 13.6. The molecule has 2 aliphatic rings. The molecule has 144 valence electrons. The molecule has 0 spiro atoms. The molecule has 2 N–H and O–H groups in total. The first-order valence-corrected chi connectivity index (χ1v) is 10.6. The van der Waals surface area contributed by atoms with E-state index in [-0.39, 0.29) is 23.8 Å². The summed E-state index contributed by atoms with van der Waals surface area (Å²) in [5.41, 5.74) is 2.92. The van der Waals surface area contributed by atoms with Crippen LogP contribution >= 0.6 is 11.8 Å². The molecule has 0 saturated carbocycles. The van der Waals surface area contributed by atoms with Crippen LogP contribution in [0.4, 0.5) is 5.69 Å². The minimum absolute atomic E-state index is 0.118. The van der Waals surface area contributed by atoms with Gasteiger partial charge in [-0.15, -0.1) is 0 Å². The lowest BCUT2D eigenvalue weighted by Crippen LogP contribution is -2.51.